The van der Waals surface area contributed by atoms with Gasteiger partial charge in [0.15, 0.2) is 0 Å². The molecule has 96 valence electrons. The highest BCUT2D eigenvalue weighted by Gasteiger charge is 2.13. The van der Waals surface area contributed by atoms with Crippen LogP contribution in [0, 0.1) is 0 Å². The topological polar surface area (TPSA) is 34.4 Å². The second-order valence-electron chi connectivity index (χ2n) is 3.97. The number of rotatable bonds is 5. The van der Waals surface area contributed by atoms with Crippen LogP contribution in [0.2, 0.25) is 0 Å². The lowest BCUT2D eigenvalue weighted by atomic mass is 10.1. The number of halogens is 1. The number of ether oxygens (including phenoxy) is 1. The Morgan fingerprint density at radius 2 is 2.22 bits per heavy atom. The molecular formula is C14H16BrNO2. The van der Waals surface area contributed by atoms with Crippen LogP contribution in [0.25, 0.3) is 0 Å². The maximum absolute atomic E-state index is 5.45. The molecule has 3 nitrogen and oxygen atoms in total. The Balaban J connectivity index is 2.21. The molecule has 0 fully saturated rings. The number of hydrogen-bond donors (Lipinski definition) is 1. The largest absolute Gasteiger partial charge is 0.497 e. The van der Waals surface area contributed by atoms with E-state index in [0.717, 1.165) is 28.1 Å². The first-order chi connectivity index (χ1) is 8.74. The maximum Gasteiger partial charge on any atom is 0.125 e. The molecule has 0 aliphatic rings. The van der Waals surface area contributed by atoms with Crippen molar-refractivity contribution in [3.8, 4) is 5.75 Å². The average Bonchev–Trinajstić information content (AvgIpc) is 2.91. The van der Waals surface area contributed by atoms with Gasteiger partial charge in [0.1, 0.15) is 11.5 Å². The maximum atomic E-state index is 5.45. The third-order valence-corrected chi connectivity index (χ3v) is 3.49. The minimum Gasteiger partial charge on any atom is -0.497 e. The summed E-state index contributed by atoms with van der Waals surface area (Å²) >= 11 is 3.53. The van der Waals surface area contributed by atoms with Crippen molar-refractivity contribution in [3.05, 3.63) is 46.8 Å². The van der Waals surface area contributed by atoms with Crippen LogP contribution in [0.5, 0.6) is 5.75 Å². The van der Waals surface area contributed by atoms with E-state index in [4.69, 9.17) is 9.15 Å². The molecule has 0 saturated heterocycles. The summed E-state index contributed by atoms with van der Waals surface area (Å²) in [6.45, 7) is 2.12. The Labute approximate surface area is 115 Å². The van der Waals surface area contributed by atoms with Crippen molar-refractivity contribution in [2.24, 2.45) is 0 Å². The van der Waals surface area contributed by atoms with Crippen LogP contribution in [0.1, 0.15) is 25.1 Å². The third kappa shape index (κ3) is 2.88. The molecule has 1 atom stereocenters. The second-order valence-corrected chi connectivity index (χ2v) is 4.82. The van der Waals surface area contributed by atoms with Gasteiger partial charge >= 0.3 is 0 Å². The summed E-state index contributed by atoms with van der Waals surface area (Å²) in [4.78, 5) is 0. The number of methoxy groups -OCH3 is 1. The lowest BCUT2D eigenvalue weighted by molar-refractivity contribution is 0.414. The van der Waals surface area contributed by atoms with Crippen molar-refractivity contribution in [2.75, 3.05) is 12.4 Å². The lowest BCUT2D eigenvalue weighted by Crippen LogP contribution is -2.09. The van der Waals surface area contributed by atoms with Crippen LogP contribution in [0.4, 0.5) is 5.69 Å². The molecule has 2 rings (SSSR count). The fraction of sp³-hybridized carbons (Fsp3) is 0.286. The standard InChI is InChI=1S/C14H16BrNO2/c1-3-12(14-5-4-8-18-14)16-13-9-10(17-2)6-7-11(13)15/h4-9,12,16H,3H2,1-2H3. The molecule has 0 aliphatic carbocycles. The highest BCUT2D eigenvalue weighted by atomic mass is 79.9. The molecule has 0 spiro atoms. The molecule has 1 aromatic carbocycles. The predicted molar refractivity (Wildman–Crippen MR) is 76.1 cm³/mol. The van der Waals surface area contributed by atoms with Gasteiger partial charge in [-0.05, 0) is 46.6 Å². The van der Waals surface area contributed by atoms with E-state index in [1.54, 1.807) is 13.4 Å². The molecule has 1 aromatic heterocycles. The fourth-order valence-corrected chi connectivity index (χ4v) is 2.15. The zero-order valence-electron chi connectivity index (χ0n) is 10.4. The molecule has 1 N–H and O–H groups in total. The number of nitrogens with one attached hydrogen (secondary N) is 1. The molecule has 1 heterocycles. The van der Waals surface area contributed by atoms with Gasteiger partial charge < -0.3 is 14.5 Å². The van der Waals surface area contributed by atoms with E-state index in [1.165, 1.54) is 0 Å². The van der Waals surface area contributed by atoms with E-state index >= 15 is 0 Å². The summed E-state index contributed by atoms with van der Waals surface area (Å²) in [5, 5.41) is 3.45. The van der Waals surface area contributed by atoms with Gasteiger partial charge in [-0.15, -0.1) is 0 Å². The smallest absolute Gasteiger partial charge is 0.125 e. The van der Waals surface area contributed by atoms with E-state index in [2.05, 4.69) is 28.2 Å². The van der Waals surface area contributed by atoms with Crippen LogP contribution < -0.4 is 10.1 Å². The SMILES string of the molecule is CCC(Nc1cc(OC)ccc1Br)c1ccco1. The van der Waals surface area contributed by atoms with Crippen molar-refractivity contribution in [1.29, 1.82) is 0 Å². The summed E-state index contributed by atoms with van der Waals surface area (Å²) in [5.74, 6) is 1.77. The van der Waals surface area contributed by atoms with Gasteiger partial charge in [0, 0.05) is 10.5 Å². The highest BCUT2D eigenvalue weighted by Crippen LogP contribution is 2.31. The quantitative estimate of drug-likeness (QED) is 0.875. The Bertz CT molecular complexity index is 497. The zero-order chi connectivity index (χ0) is 13.0. The van der Waals surface area contributed by atoms with E-state index < -0.39 is 0 Å². The minimum absolute atomic E-state index is 0.156. The number of benzene rings is 1. The van der Waals surface area contributed by atoms with Gasteiger partial charge in [0.2, 0.25) is 0 Å². The Morgan fingerprint density at radius 3 is 2.83 bits per heavy atom. The van der Waals surface area contributed by atoms with E-state index in [9.17, 15) is 0 Å². The highest BCUT2D eigenvalue weighted by molar-refractivity contribution is 9.10. The van der Waals surface area contributed by atoms with Crippen LogP contribution in [-0.4, -0.2) is 7.11 Å². The van der Waals surface area contributed by atoms with Crippen molar-refractivity contribution in [1.82, 2.24) is 0 Å². The number of anilines is 1. The molecular weight excluding hydrogens is 294 g/mol. The van der Waals surface area contributed by atoms with Gasteiger partial charge in [0.25, 0.3) is 0 Å². The molecule has 2 aromatic rings. The van der Waals surface area contributed by atoms with E-state index in [0.29, 0.717) is 0 Å². The second kappa shape index (κ2) is 5.96. The van der Waals surface area contributed by atoms with Crippen molar-refractivity contribution in [2.45, 2.75) is 19.4 Å². The first kappa shape index (κ1) is 13.0. The fourth-order valence-electron chi connectivity index (χ4n) is 1.79. The molecule has 0 aliphatic heterocycles. The van der Waals surface area contributed by atoms with Gasteiger partial charge in [-0.1, -0.05) is 6.92 Å². The first-order valence-corrected chi connectivity index (χ1v) is 6.67. The van der Waals surface area contributed by atoms with Crippen LogP contribution in [0.3, 0.4) is 0 Å². The summed E-state index contributed by atoms with van der Waals surface area (Å²) in [6, 6.07) is 9.90. The van der Waals surface area contributed by atoms with Crippen molar-refractivity contribution < 1.29 is 9.15 Å². The Hall–Kier alpha value is -1.42. The van der Waals surface area contributed by atoms with Crippen LogP contribution in [0.15, 0.2) is 45.5 Å². The third-order valence-electron chi connectivity index (χ3n) is 2.80. The van der Waals surface area contributed by atoms with E-state index in [-0.39, 0.29) is 6.04 Å². The Kier molecular flexibility index (Phi) is 4.31. The average molecular weight is 310 g/mol. The van der Waals surface area contributed by atoms with Gasteiger partial charge in [0.05, 0.1) is 25.1 Å². The van der Waals surface area contributed by atoms with Gasteiger partial charge in [-0.25, -0.2) is 0 Å². The van der Waals surface area contributed by atoms with Crippen molar-refractivity contribution >= 4 is 21.6 Å². The summed E-state index contributed by atoms with van der Waals surface area (Å²) < 4.78 is 11.7. The summed E-state index contributed by atoms with van der Waals surface area (Å²) in [6.07, 6.45) is 2.64. The monoisotopic (exact) mass is 309 g/mol. The molecule has 0 bridgehead atoms. The van der Waals surface area contributed by atoms with E-state index in [1.807, 2.05) is 30.3 Å². The normalized spacial score (nSPS) is 12.2. The number of hydrogen-bond acceptors (Lipinski definition) is 3. The van der Waals surface area contributed by atoms with Gasteiger partial charge in [-0.3, -0.25) is 0 Å². The van der Waals surface area contributed by atoms with Crippen LogP contribution in [-0.2, 0) is 0 Å². The molecule has 0 radical (unpaired) electrons. The molecule has 0 amide bonds. The summed E-state index contributed by atoms with van der Waals surface area (Å²) in [5.41, 5.74) is 0.998. The van der Waals surface area contributed by atoms with Gasteiger partial charge in [-0.2, -0.15) is 0 Å². The van der Waals surface area contributed by atoms with Crippen LogP contribution >= 0.6 is 15.9 Å². The zero-order valence-corrected chi connectivity index (χ0v) is 12.0. The van der Waals surface area contributed by atoms with Crippen molar-refractivity contribution in [3.63, 3.8) is 0 Å². The number of furan rings is 1. The minimum atomic E-state index is 0.156. The molecule has 1 unspecified atom stereocenters. The first-order valence-electron chi connectivity index (χ1n) is 5.88. The summed E-state index contributed by atoms with van der Waals surface area (Å²) in [7, 11) is 1.66. The molecule has 0 saturated carbocycles. The Morgan fingerprint density at radius 1 is 1.39 bits per heavy atom. The molecule has 18 heavy (non-hydrogen) atoms. The molecule has 4 heteroatoms. The predicted octanol–water partition coefficient (Wildman–Crippen LogP) is 4.61. The lowest BCUT2D eigenvalue weighted by Gasteiger charge is -2.17.